The number of hydrogen-bond acceptors (Lipinski definition) is 3. The second-order valence-electron chi connectivity index (χ2n) is 6.13. The lowest BCUT2D eigenvalue weighted by Gasteiger charge is -2.28. The first kappa shape index (κ1) is 15.0. The molecule has 0 aliphatic carbocycles. The van der Waals surface area contributed by atoms with Gasteiger partial charge in [0, 0.05) is 19.6 Å². The van der Waals surface area contributed by atoms with E-state index in [4.69, 9.17) is 0 Å². The van der Waals surface area contributed by atoms with Gasteiger partial charge in [0.15, 0.2) is 0 Å². The number of aliphatic hydroxyl groups excluding tert-OH is 1. The van der Waals surface area contributed by atoms with Gasteiger partial charge in [-0.15, -0.1) is 0 Å². The van der Waals surface area contributed by atoms with Crippen molar-refractivity contribution in [2.24, 2.45) is 0 Å². The number of carbonyl (C=O) groups excluding carboxylic acids is 2. The molecular weight excluding hydrogens is 280 g/mol. The number of amides is 2. The molecule has 1 aromatic rings. The molecule has 0 aromatic heterocycles. The van der Waals surface area contributed by atoms with Gasteiger partial charge in [-0.05, 0) is 24.8 Å². The maximum Gasteiger partial charge on any atom is 0.245 e. The van der Waals surface area contributed by atoms with Crippen molar-refractivity contribution < 1.29 is 14.7 Å². The molecule has 2 heterocycles. The van der Waals surface area contributed by atoms with Crippen LogP contribution in [0.5, 0.6) is 0 Å². The Balaban J connectivity index is 1.65. The lowest BCUT2D eigenvalue weighted by atomic mass is 10.1. The number of rotatable bonds is 3. The van der Waals surface area contributed by atoms with E-state index in [2.05, 4.69) is 0 Å². The van der Waals surface area contributed by atoms with Crippen LogP contribution in [0.3, 0.4) is 0 Å². The number of hydrogen-bond donors (Lipinski definition) is 1. The van der Waals surface area contributed by atoms with Crippen LogP contribution in [0.25, 0.3) is 0 Å². The summed E-state index contributed by atoms with van der Waals surface area (Å²) in [6.07, 6.45) is 2.15. The normalized spacial score (nSPS) is 24.8. The average molecular weight is 302 g/mol. The predicted molar refractivity (Wildman–Crippen MR) is 82.1 cm³/mol. The molecular formula is C17H22N2O3. The third-order valence-corrected chi connectivity index (χ3v) is 4.53. The van der Waals surface area contributed by atoms with Gasteiger partial charge in [0.25, 0.3) is 0 Å². The Labute approximate surface area is 130 Å². The third-order valence-electron chi connectivity index (χ3n) is 4.53. The summed E-state index contributed by atoms with van der Waals surface area (Å²) in [6, 6.07) is 9.28. The fourth-order valence-electron chi connectivity index (χ4n) is 3.35. The van der Waals surface area contributed by atoms with Gasteiger partial charge < -0.3 is 14.9 Å². The molecule has 0 spiro atoms. The Morgan fingerprint density at radius 2 is 1.91 bits per heavy atom. The molecule has 22 heavy (non-hydrogen) atoms. The highest BCUT2D eigenvalue weighted by atomic mass is 16.3. The van der Waals surface area contributed by atoms with Crippen LogP contribution in [0, 0.1) is 0 Å². The first-order chi connectivity index (χ1) is 10.6. The lowest BCUT2D eigenvalue weighted by Crippen LogP contribution is -2.47. The van der Waals surface area contributed by atoms with Crippen molar-refractivity contribution in [2.75, 3.05) is 19.6 Å². The molecule has 118 valence electrons. The fourth-order valence-corrected chi connectivity index (χ4v) is 3.35. The van der Waals surface area contributed by atoms with Crippen LogP contribution >= 0.6 is 0 Å². The summed E-state index contributed by atoms with van der Waals surface area (Å²) in [5.41, 5.74) is 0.974. The highest BCUT2D eigenvalue weighted by molar-refractivity contribution is 5.89. The Hall–Kier alpha value is -1.88. The molecule has 2 amide bonds. The number of aliphatic hydroxyl groups is 1. The van der Waals surface area contributed by atoms with Gasteiger partial charge in [-0.25, -0.2) is 0 Å². The maximum absolute atomic E-state index is 12.6. The van der Waals surface area contributed by atoms with Crippen molar-refractivity contribution in [3.63, 3.8) is 0 Å². The predicted octanol–water partition coefficient (Wildman–Crippen LogP) is 0.813. The summed E-state index contributed by atoms with van der Waals surface area (Å²) < 4.78 is 0. The van der Waals surface area contributed by atoms with Crippen molar-refractivity contribution in [1.29, 1.82) is 0 Å². The average Bonchev–Trinajstić information content (AvgIpc) is 3.16. The molecule has 1 unspecified atom stereocenters. The molecule has 0 radical (unpaired) electrons. The summed E-state index contributed by atoms with van der Waals surface area (Å²) >= 11 is 0. The molecule has 1 aromatic carbocycles. The van der Waals surface area contributed by atoms with E-state index in [9.17, 15) is 14.7 Å². The van der Waals surface area contributed by atoms with Crippen molar-refractivity contribution in [1.82, 2.24) is 9.80 Å². The third kappa shape index (κ3) is 3.14. The van der Waals surface area contributed by atoms with Crippen molar-refractivity contribution in [3.05, 3.63) is 35.9 Å². The van der Waals surface area contributed by atoms with E-state index in [0.29, 0.717) is 32.5 Å². The summed E-state index contributed by atoms with van der Waals surface area (Å²) in [7, 11) is 0. The molecule has 2 atom stereocenters. The van der Waals surface area contributed by atoms with Crippen LogP contribution < -0.4 is 0 Å². The standard InChI is InChI=1S/C17H22N2O3/c20-14-8-10-18(12-14)17(22)15-7-4-9-19(15)16(21)11-13-5-2-1-3-6-13/h1-3,5-6,14-15,20H,4,7-12H2/t14-,15?/m1/s1. The summed E-state index contributed by atoms with van der Waals surface area (Å²) in [6.45, 7) is 1.64. The van der Waals surface area contributed by atoms with Crippen LogP contribution in [-0.4, -0.2) is 58.5 Å². The smallest absolute Gasteiger partial charge is 0.245 e. The van der Waals surface area contributed by atoms with Gasteiger partial charge in [-0.3, -0.25) is 9.59 Å². The zero-order chi connectivity index (χ0) is 15.5. The van der Waals surface area contributed by atoms with Crippen LogP contribution in [-0.2, 0) is 16.0 Å². The highest BCUT2D eigenvalue weighted by Crippen LogP contribution is 2.22. The minimum Gasteiger partial charge on any atom is -0.391 e. The Morgan fingerprint density at radius 3 is 2.59 bits per heavy atom. The van der Waals surface area contributed by atoms with Gasteiger partial charge in [-0.1, -0.05) is 30.3 Å². The second kappa shape index (κ2) is 6.48. The topological polar surface area (TPSA) is 60.9 Å². The quantitative estimate of drug-likeness (QED) is 0.899. The number of nitrogens with zero attached hydrogens (tertiary/aromatic N) is 2. The molecule has 1 N–H and O–H groups in total. The maximum atomic E-state index is 12.6. The van der Waals surface area contributed by atoms with Gasteiger partial charge in [-0.2, -0.15) is 0 Å². The number of likely N-dealkylation sites (tertiary alicyclic amines) is 2. The zero-order valence-corrected chi connectivity index (χ0v) is 12.6. The molecule has 0 saturated carbocycles. The summed E-state index contributed by atoms with van der Waals surface area (Å²) in [5, 5.41) is 9.59. The van der Waals surface area contributed by atoms with Gasteiger partial charge in [0.05, 0.1) is 12.5 Å². The number of benzene rings is 1. The molecule has 5 nitrogen and oxygen atoms in total. The molecule has 2 aliphatic heterocycles. The van der Waals surface area contributed by atoms with E-state index in [1.807, 2.05) is 30.3 Å². The lowest BCUT2D eigenvalue weighted by molar-refractivity contribution is -0.143. The van der Waals surface area contributed by atoms with Crippen molar-refractivity contribution in [3.8, 4) is 0 Å². The molecule has 2 aliphatic rings. The first-order valence-corrected chi connectivity index (χ1v) is 7.95. The Bertz CT molecular complexity index is 546. The minimum atomic E-state index is -0.418. The van der Waals surface area contributed by atoms with Gasteiger partial charge >= 0.3 is 0 Å². The Morgan fingerprint density at radius 1 is 1.14 bits per heavy atom. The van der Waals surface area contributed by atoms with Crippen molar-refractivity contribution in [2.45, 2.75) is 37.8 Å². The zero-order valence-electron chi connectivity index (χ0n) is 12.6. The van der Waals surface area contributed by atoms with E-state index in [-0.39, 0.29) is 17.9 Å². The molecule has 5 heteroatoms. The van der Waals surface area contributed by atoms with Gasteiger partial charge in [0.1, 0.15) is 6.04 Å². The fraction of sp³-hybridized carbons (Fsp3) is 0.529. The van der Waals surface area contributed by atoms with E-state index >= 15 is 0 Å². The van der Waals surface area contributed by atoms with E-state index in [1.165, 1.54) is 0 Å². The van der Waals surface area contributed by atoms with E-state index in [0.717, 1.165) is 18.4 Å². The summed E-state index contributed by atoms with van der Waals surface area (Å²) in [5.74, 6) is 0.0113. The number of β-amino-alcohol motifs (C(OH)–C–C–N with tert-alkyl or cyclic N) is 1. The van der Waals surface area contributed by atoms with E-state index < -0.39 is 6.10 Å². The van der Waals surface area contributed by atoms with Crippen LogP contribution in [0.15, 0.2) is 30.3 Å². The van der Waals surface area contributed by atoms with Crippen LogP contribution in [0.4, 0.5) is 0 Å². The molecule has 0 bridgehead atoms. The first-order valence-electron chi connectivity index (χ1n) is 7.95. The van der Waals surface area contributed by atoms with Crippen LogP contribution in [0.1, 0.15) is 24.8 Å². The SMILES string of the molecule is O=C(C1CCCN1C(=O)Cc1ccccc1)N1CC[C@@H](O)C1. The summed E-state index contributed by atoms with van der Waals surface area (Å²) in [4.78, 5) is 28.5. The van der Waals surface area contributed by atoms with Gasteiger partial charge in [0.2, 0.25) is 11.8 Å². The number of carbonyl (C=O) groups is 2. The monoisotopic (exact) mass is 302 g/mol. The molecule has 3 rings (SSSR count). The Kier molecular flexibility index (Phi) is 4.43. The largest absolute Gasteiger partial charge is 0.391 e. The van der Waals surface area contributed by atoms with Crippen LogP contribution in [0.2, 0.25) is 0 Å². The highest BCUT2D eigenvalue weighted by Gasteiger charge is 2.38. The van der Waals surface area contributed by atoms with E-state index in [1.54, 1.807) is 9.80 Å². The second-order valence-corrected chi connectivity index (χ2v) is 6.13. The van der Waals surface area contributed by atoms with Crippen molar-refractivity contribution >= 4 is 11.8 Å². The molecule has 2 fully saturated rings. The minimum absolute atomic E-state index is 0.00420. The molecule has 2 saturated heterocycles.